The van der Waals surface area contributed by atoms with Crippen molar-refractivity contribution in [1.29, 1.82) is 0 Å². The topological polar surface area (TPSA) is 76.3 Å². The summed E-state index contributed by atoms with van der Waals surface area (Å²) in [6, 6.07) is 1.79. The summed E-state index contributed by atoms with van der Waals surface area (Å²) in [4.78, 5) is 39.0. The number of hydrogen-bond acceptors (Lipinski definition) is 4. The molecule has 3 rings (SSSR count). The second-order valence-electron chi connectivity index (χ2n) is 7.72. The van der Waals surface area contributed by atoms with Gasteiger partial charge in [-0.3, -0.25) is 18.7 Å². The maximum atomic E-state index is 12.8. The van der Waals surface area contributed by atoms with Crippen LogP contribution in [0.25, 0.3) is 0 Å². The summed E-state index contributed by atoms with van der Waals surface area (Å²) in [5.41, 5.74) is -0.648. The first kappa shape index (κ1) is 18.7. The molecule has 144 valence electrons. The third-order valence-electron chi connectivity index (χ3n) is 5.82. The molecule has 1 saturated heterocycles. The van der Waals surface area contributed by atoms with Crippen molar-refractivity contribution in [2.75, 3.05) is 18.0 Å². The quantitative estimate of drug-likeness (QED) is 0.818. The van der Waals surface area contributed by atoms with E-state index in [0.29, 0.717) is 18.4 Å². The van der Waals surface area contributed by atoms with E-state index in [1.807, 2.05) is 4.90 Å². The zero-order valence-electron chi connectivity index (χ0n) is 15.9. The number of nitrogens with zero attached hydrogens (tertiary/aromatic N) is 3. The van der Waals surface area contributed by atoms with Gasteiger partial charge in [0.15, 0.2) is 0 Å². The van der Waals surface area contributed by atoms with Gasteiger partial charge in [0.05, 0.1) is 5.92 Å². The lowest BCUT2D eigenvalue weighted by atomic mass is 9.96. The SMILES string of the molecule is Cn1c(N2CCC[C@H](C(=O)NC3CCCCCC3)C2)cc(=O)n(C)c1=O. The molecule has 1 N–H and O–H groups in total. The Morgan fingerprint density at radius 3 is 2.38 bits per heavy atom. The zero-order chi connectivity index (χ0) is 18.7. The molecule has 0 bridgehead atoms. The van der Waals surface area contributed by atoms with Gasteiger partial charge in [0.1, 0.15) is 5.82 Å². The Bertz CT molecular complexity index is 759. The Labute approximate surface area is 154 Å². The lowest BCUT2D eigenvalue weighted by Gasteiger charge is -2.35. The predicted octanol–water partition coefficient (Wildman–Crippen LogP) is 1.14. The molecule has 1 aliphatic carbocycles. The van der Waals surface area contributed by atoms with Crippen LogP contribution in [0.4, 0.5) is 5.82 Å². The van der Waals surface area contributed by atoms with Crippen molar-refractivity contribution in [3.8, 4) is 0 Å². The van der Waals surface area contributed by atoms with Crippen LogP contribution in [0.1, 0.15) is 51.4 Å². The number of hydrogen-bond donors (Lipinski definition) is 1. The molecule has 2 fully saturated rings. The monoisotopic (exact) mass is 362 g/mol. The number of carbonyl (C=O) groups is 1. The number of anilines is 1. The van der Waals surface area contributed by atoms with E-state index in [9.17, 15) is 14.4 Å². The summed E-state index contributed by atoms with van der Waals surface area (Å²) in [5, 5.41) is 3.25. The number of piperidine rings is 1. The molecule has 1 amide bonds. The summed E-state index contributed by atoms with van der Waals surface area (Å²) in [6.07, 6.45) is 8.80. The second-order valence-corrected chi connectivity index (χ2v) is 7.72. The van der Waals surface area contributed by atoms with Crippen molar-refractivity contribution in [2.24, 2.45) is 20.0 Å². The van der Waals surface area contributed by atoms with E-state index in [-0.39, 0.29) is 23.1 Å². The molecule has 26 heavy (non-hydrogen) atoms. The van der Waals surface area contributed by atoms with Crippen molar-refractivity contribution in [1.82, 2.24) is 14.5 Å². The Hall–Kier alpha value is -2.05. The van der Waals surface area contributed by atoms with Crippen LogP contribution in [0.5, 0.6) is 0 Å². The molecule has 0 aromatic carbocycles. The highest BCUT2D eigenvalue weighted by molar-refractivity contribution is 5.79. The Morgan fingerprint density at radius 1 is 1.00 bits per heavy atom. The summed E-state index contributed by atoms with van der Waals surface area (Å²) in [7, 11) is 3.15. The minimum Gasteiger partial charge on any atom is -0.357 e. The maximum absolute atomic E-state index is 12.8. The molecule has 0 unspecified atom stereocenters. The molecule has 0 spiro atoms. The van der Waals surface area contributed by atoms with Crippen LogP contribution >= 0.6 is 0 Å². The highest BCUT2D eigenvalue weighted by atomic mass is 16.2. The maximum Gasteiger partial charge on any atom is 0.332 e. The Balaban J connectivity index is 1.70. The standard InChI is InChI=1S/C19H30N4O3/c1-21-16(12-17(24)22(2)19(21)26)23-11-7-8-14(13-23)18(25)20-15-9-5-3-4-6-10-15/h12,14-15H,3-11,13H2,1-2H3,(H,20,25)/t14-/m0/s1. The first-order valence-corrected chi connectivity index (χ1v) is 9.79. The lowest BCUT2D eigenvalue weighted by molar-refractivity contribution is -0.126. The number of aromatic nitrogens is 2. The fourth-order valence-corrected chi connectivity index (χ4v) is 4.17. The van der Waals surface area contributed by atoms with E-state index in [1.54, 1.807) is 7.05 Å². The fourth-order valence-electron chi connectivity index (χ4n) is 4.17. The lowest BCUT2D eigenvalue weighted by Crippen LogP contribution is -2.48. The summed E-state index contributed by atoms with van der Waals surface area (Å²) in [6.45, 7) is 1.31. The first-order chi connectivity index (χ1) is 12.5. The van der Waals surface area contributed by atoms with Gasteiger partial charge in [-0.05, 0) is 25.7 Å². The van der Waals surface area contributed by atoms with Gasteiger partial charge in [0.25, 0.3) is 5.56 Å². The number of carbonyl (C=O) groups excluding carboxylic acids is 1. The van der Waals surface area contributed by atoms with E-state index in [4.69, 9.17) is 0 Å². The van der Waals surface area contributed by atoms with Gasteiger partial charge >= 0.3 is 5.69 Å². The van der Waals surface area contributed by atoms with Gasteiger partial charge < -0.3 is 10.2 Å². The molecule has 2 heterocycles. The molecular formula is C19H30N4O3. The molecule has 1 aliphatic heterocycles. The highest BCUT2D eigenvalue weighted by Gasteiger charge is 2.29. The average Bonchev–Trinajstić information content (AvgIpc) is 2.91. The molecule has 2 aliphatic rings. The minimum atomic E-state index is -0.336. The van der Waals surface area contributed by atoms with Crippen molar-refractivity contribution < 1.29 is 4.79 Å². The second kappa shape index (κ2) is 8.10. The van der Waals surface area contributed by atoms with Gasteiger partial charge in [0, 0.05) is 39.3 Å². The van der Waals surface area contributed by atoms with Gasteiger partial charge in [-0.1, -0.05) is 25.7 Å². The van der Waals surface area contributed by atoms with Crippen LogP contribution in [-0.4, -0.2) is 34.2 Å². The van der Waals surface area contributed by atoms with Gasteiger partial charge in [-0.15, -0.1) is 0 Å². The predicted molar refractivity (Wildman–Crippen MR) is 101 cm³/mol. The molecule has 1 atom stereocenters. The van der Waals surface area contributed by atoms with Crippen LogP contribution in [0.15, 0.2) is 15.7 Å². The van der Waals surface area contributed by atoms with Crippen molar-refractivity contribution in [2.45, 2.75) is 57.4 Å². The van der Waals surface area contributed by atoms with Crippen molar-refractivity contribution >= 4 is 11.7 Å². The minimum absolute atomic E-state index is 0.0915. The molecule has 1 aromatic heterocycles. The Morgan fingerprint density at radius 2 is 1.69 bits per heavy atom. The number of rotatable bonds is 3. The van der Waals surface area contributed by atoms with Crippen molar-refractivity contribution in [3.05, 3.63) is 26.9 Å². The number of amides is 1. The molecule has 7 heteroatoms. The van der Waals surface area contributed by atoms with Crippen LogP contribution in [-0.2, 0) is 18.9 Å². The van der Waals surface area contributed by atoms with Gasteiger partial charge in [-0.25, -0.2) is 4.79 Å². The van der Waals surface area contributed by atoms with E-state index in [0.717, 1.165) is 36.8 Å². The smallest absolute Gasteiger partial charge is 0.332 e. The van der Waals surface area contributed by atoms with Crippen LogP contribution in [0.3, 0.4) is 0 Å². The van der Waals surface area contributed by atoms with Crippen molar-refractivity contribution in [3.63, 3.8) is 0 Å². The molecule has 1 saturated carbocycles. The van der Waals surface area contributed by atoms with Gasteiger partial charge in [-0.2, -0.15) is 0 Å². The first-order valence-electron chi connectivity index (χ1n) is 9.79. The van der Waals surface area contributed by atoms with E-state index in [1.165, 1.54) is 43.4 Å². The molecular weight excluding hydrogens is 332 g/mol. The summed E-state index contributed by atoms with van der Waals surface area (Å²) >= 11 is 0. The van der Waals surface area contributed by atoms with Crippen LogP contribution in [0, 0.1) is 5.92 Å². The normalized spacial score (nSPS) is 22.1. The number of nitrogens with one attached hydrogen (secondary N) is 1. The molecule has 1 aromatic rings. The zero-order valence-corrected chi connectivity index (χ0v) is 15.9. The summed E-state index contributed by atoms with van der Waals surface area (Å²) < 4.78 is 2.59. The third kappa shape index (κ3) is 4.02. The van der Waals surface area contributed by atoms with Crippen LogP contribution < -0.4 is 21.5 Å². The third-order valence-corrected chi connectivity index (χ3v) is 5.82. The molecule has 7 nitrogen and oxygen atoms in total. The average molecular weight is 362 g/mol. The molecule has 0 radical (unpaired) electrons. The summed E-state index contributed by atoms with van der Waals surface area (Å²) in [5.74, 6) is 0.631. The van der Waals surface area contributed by atoms with Crippen LogP contribution in [0.2, 0.25) is 0 Å². The Kier molecular flexibility index (Phi) is 5.84. The highest BCUT2D eigenvalue weighted by Crippen LogP contribution is 2.23. The van der Waals surface area contributed by atoms with E-state index >= 15 is 0 Å². The van der Waals surface area contributed by atoms with E-state index < -0.39 is 0 Å². The fraction of sp³-hybridized carbons (Fsp3) is 0.737. The van der Waals surface area contributed by atoms with E-state index in [2.05, 4.69) is 5.32 Å². The van der Waals surface area contributed by atoms with Gasteiger partial charge in [0.2, 0.25) is 5.91 Å². The largest absolute Gasteiger partial charge is 0.357 e.